The van der Waals surface area contributed by atoms with Gasteiger partial charge in [0, 0.05) is 12.3 Å². The van der Waals surface area contributed by atoms with Gasteiger partial charge in [-0.05, 0) is 6.92 Å². The van der Waals surface area contributed by atoms with E-state index in [-0.39, 0.29) is 18.7 Å². The van der Waals surface area contributed by atoms with Gasteiger partial charge in [0.15, 0.2) is 0 Å². The molecule has 15 heavy (non-hydrogen) atoms. The monoisotopic (exact) mass is 216 g/mol. The quantitative estimate of drug-likeness (QED) is 0.534. The fourth-order valence-electron chi connectivity index (χ4n) is 0.955. The number of amides is 1. The van der Waals surface area contributed by atoms with Crippen LogP contribution in [-0.2, 0) is 14.4 Å². The normalized spacial score (nSPS) is 14.1. The molecule has 86 valence electrons. The lowest BCUT2D eigenvalue weighted by Crippen LogP contribution is -2.39. The minimum absolute atomic E-state index is 0.0341. The summed E-state index contributed by atoms with van der Waals surface area (Å²) in [5.74, 6) is -2.26. The maximum absolute atomic E-state index is 11.2. The summed E-state index contributed by atoms with van der Waals surface area (Å²) in [6, 6.07) is -0.947. The number of hydrogen-bond acceptors (Lipinski definition) is 4. The van der Waals surface area contributed by atoms with Crippen LogP contribution in [0.2, 0.25) is 0 Å². The molecule has 0 aromatic carbocycles. The molecule has 0 aliphatic rings. The Bertz CT molecular complexity index is 265. The summed E-state index contributed by atoms with van der Waals surface area (Å²) in [5, 5.41) is 10.8. The zero-order valence-electron chi connectivity index (χ0n) is 8.82. The van der Waals surface area contributed by atoms with Gasteiger partial charge < -0.3 is 16.2 Å². The molecule has 0 aliphatic heterocycles. The molecule has 0 bridgehead atoms. The van der Waals surface area contributed by atoms with Crippen molar-refractivity contribution in [2.45, 2.75) is 26.3 Å². The highest BCUT2D eigenvalue weighted by molar-refractivity contribution is 5.89. The Hall–Kier alpha value is -1.43. The second-order valence-electron chi connectivity index (χ2n) is 3.40. The molecule has 0 aliphatic carbocycles. The van der Waals surface area contributed by atoms with Gasteiger partial charge in [-0.25, -0.2) is 0 Å². The first-order chi connectivity index (χ1) is 6.88. The number of Topliss-reactive ketones (excluding diaryl/α,β-unsaturated/α-hetero) is 1. The minimum atomic E-state index is -1.11. The number of carbonyl (C=O) groups excluding carboxylic acids is 2. The largest absolute Gasteiger partial charge is 0.480 e. The Morgan fingerprint density at radius 2 is 1.87 bits per heavy atom. The minimum Gasteiger partial charge on any atom is -0.480 e. The Morgan fingerprint density at radius 1 is 1.33 bits per heavy atom. The smallest absolute Gasteiger partial charge is 0.325 e. The topological polar surface area (TPSA) is 109 Å². The average molecular weight is 216 g/mol. The first-order valence-corrected chi connectivity index (χ1v) is 4.63. The van der Waals surface area contributed by atoms with Crippen molar-refractivity contribution in [2.24, 2.45) is 11.7 Å². The Balaban J connectivity index is 4.04. The third kappa shape index (κ3) is 5.11. The van der Waals surface area contributed by atoms with Gasteiger partial charge in [0.05, 0.1) is 6.54 Å². The Kier molecular flexibility index (Phi) is 5.54. The van der Waals surface area contributed by atoms with Crippen molar-refractivity contribution in [1.29, 1.82) is 0 Å². The predicted molar refractivity (Wildman–Crippen MR) is 53.1 cm³/mol. The van der Waals surface area contributed by atoms with Crippen molar-refractivity contribution < 1.29 is 19.5 Å². The van der Waals surface area contributed by atoms with Gasteiger partial charge in [0.1, 0.15) is 11.8 Å². The van der Waals surface area contributed by atoms with Crippen LogP contribution in [0.3, 0.4) is 0 Å². The summed E-state index contributed by atoms with van der Waals surface area (Å²) in [4.78, 5) is 32.7. The van der Waals surface area contributed by atoms with Gasteiger partial charge >= 0.3 is 5.97 Å². The number of ketones is 1. The molecule has 0 fully saturated rings. The van der Waals surface area contributed by atoms with Gasteiger partial charge in [-0.15, -0.1) is 0 Å². The summed E-state index contributed by atoms with van der Waals surface area (Å²) >= 11 is 0. The van der Waals surface area contributed by atoms with Crippen LogP contribution in [0.1, 0.15) is 20.3 Å². The number of carboxylic acids is 1. The molecule has 0 heterocycles. The molecule has 2 atom stereocenters. The third-order valence-electron chi connectivity index (χ3n) is 1.99. The molecule has 0 aromatic heterocycles. The molecule has 1 amide bonds. The second-order valence-corrected chi connectivity index (χ2v) is 3.40. The molecule has 6 heteroatoms. The van der Waals surface area contributed by atoms with Gasteiger partial charge in [0.25, 0.3) is 0 Å². The lowest BCUT2D eigenvalue weighted by atomic mass is 10.0. The molecule has 0 rings (SSSR count). The zero-order chi connectivity index (χ0) is 12.0. The highest BCUT2D eigenvalue weighted by Gasteiger charge is 2.18. The van der Waals surface area contributed by atoms with E-state index >= 15 is 0 Å². The number of aliphatic carboxylic acids is 1. The van der Waals surface area contributed by atoms with Crippen LogP contribution in [-0.4, -0.2) is 35.4 Å². The van der Waals surface area contributed by atoms with Crippen molar-refractivity contribution in [1.82, 2.24) is 5.32 Å². The van der Waals surface area contributed by atoms with Crippen molar-refractivity contribution in [3.8, 4) is 0 Å². The van der Waals surface area contributed by atoms with Gasteiger partial charge in [-0.1, -0.05) is 6.92 Å². The number of nitrogens with one attached hydrogen (secondary N) is 1. The summed E-state index contributed by atoms with van der Waals surface area (Å²) in [6.07, 6.45) is -0.0341. The average Bonchev–Trinajstić information content (AvgIpc) is 2.15. The highest BCUT2D eigenvalue weighted by atomic mass is 16.4. The van der Waals surface area contributed by atoms with E-state index in [1.54, 1.807) is 6.92 Å². The van der Waals surface area contributed by atoms with Crippen LogP contribution >= 0.6 is 0 Å². The summed E-state index contributed by atoms with van der Waals surface area (Å²) < 4.78 is 0. The highest BCUT2D eigenvalue weighted by Crippen LogP contribution is 2.02. The molecule has 0 radical (unpaired) electrons. The standard InChI is InChI=1S/C9H16N2O4/c1-5(7(12)4-10)3-8(13)11-6(2)9(14)15/h5-6H,3-4,10H2,1-2H3,(H,11,13)(H,14,15). The van der Waals surface area contributed by atoms with Crippen molar-refractivity contribution >= 4 is 17.7 Å². The predicted octanol–water partition coefficient (Wildman–Crippen LogP) is -0.870. The van der Waals surface area contributed by atoms with Crippen LogP contribution < -0.4 is 11.1 Å². The molecular weight excluding hydrogens is 200 g/mol. The van der Waals surface area contributed by atoms with Crippen molar-refractivity contribution in [2.75, 3.05) is 6.54 Å². The lowest BCUT2D eigenvalue weighted by molar-refractivity contribution is -0.141. The molecule has 6 nitrogen and oxygen atoms in total. The number of hydrogen-bond donors (Lipinski definition) is 3. The fourth-order valence-corrected chi connectivity index (χ4v) is 0.955. The van der Waals surface area contributed by atoms with E-state index in [0.717, 1.165) is 0 Å². The van der Waals surface area contributed by atoms with E-state index < -0.39 is 23.8 Å². The SMILES string of the molecule is CC(CC(=O)NC(C)C(=O)O)C(=O)CN. The maximum atomic E-state index is 11.2. The van der Waals surface area contributed by atoms with E-state index in [2.05, 4.69) is 5.32 Å². The summed E-state index contributed by atoms with van der Waals surface area (Å²) in [7, 11) is 0. The zero-order valence-corrected chi connectivity index (χ0v) is 8.82. The van der Waals surface area contributed by atoms with Crippen LogP contribution in [0.4, 0.5) is 0 Å². The van der Waals surface area contributed by atoms with Crippen LogP contribution in [0.15, 0.2) is 0 Å². The van der Waals surface area contributed by atoms with Crippen LogP contribution in [0.25, 0.3) is 0 Å². The van der Waals surface area contributed by atoms with Crippen molar-refractivity contribution in [3.63, 3.8) is 0 Å². The van der Waals surface area contributed by atoms with Crippen molar-refractivity contribution in [3.05, 3.63) is 0 Å². The van der Waals surface area contributed by atoms with Gasteiger partial charge in [-0.3, -0.25) is 14.4 Å². The van der Waals surface area contributed by atoms with E-state index in [9.17, 15) is 14.4 Å². The summed E-state index contributed by atoms with van der Waals surface area (Å²) in [5.41, 5.74) is 5.12. The van der Waals surface area contributed by atoms with Gasteiger partial charge in [0.2, 0.25) is 5.91 Å². The molecule has 0 spiro atoms. The fraction of sp³-hybridized carbons (Fsp3) is 0.667. The molecular formula is C9H16N2O4. The lowest BCUT2D eigenvalue weighted by Gasteiger charge is -2.12. The van der Waals surface area contributed by atoms with Crippen LogP contribution in [0, 0.1) is 5.92 Å². The third-order valence-corrected chi connectivity index (χ3v) is 1.99. The number of carbonyl (C=O) groups is 3. The maximum Gasteiger partial charge on any atom is 0.325 e. The van der Waals surface area contributed by atoms with E-state index in [1.807, 2.05) is 0 Å². The van der Waals surface area contributed by atoms with Gasteiger partial charge in [-0.2, -0.15) is 0 Å². The number of nitrogens with two attached hydrogens (primary N) is 1. The molecule has 4 N–H and O–H groups in total. The first-order valence-electron chi connectivity index (χ1n) is 4.63. The molecule has 0 saturated heterocycles. The Labute approximate surface area is 87.8 Å². The van der Waals surface area contributed by atoms with E-state index in [4.69, 9.17) is 10.8 Å². The second kappa shape index (κ2) is 6.13. The molecule has 0 saturated carbocycles. The first kappa shape index (κ1) is 13.6. The number of carboxylic acid groups (broad SMARTS) is 1. The van der Waals surface area contributed by atoms with E-state index in [0.29, 0.717) is 0 Å². The van der Waals surface area contributed by atoms with E-state index in [1.165, 1.54) is 6.92 Å². The number of rotatable bonds is 6. The molecule has 2 unspecified atom stereocenters. The van der Waals surface area contributed by atoms with Crippen LogP contribution in [0.5, 0.6) is 0 Å². The summed E-state index contributed by atoms with van der Waals surface area (Å²) in [6.45, 7) is 2.83. The Morgan fingerprint density at radius 3 is 2.27 bits per heavy atom. The molecule has 0 aromatic rings.